The lowest BCUT2D eigenvalue weighted by molar-refractivity contribution is 0.253. The molecule has 1 aliphatic rings. The maximum absolute atomic E-state index is 11.5. The number of nitrogens with zero attached hydrogens (tertiary/aromatic N) is 3. The lowest BCUT2D eigenvalue weighted by Crippen LogP contribution is -2.32. The van der Waals surface area contributed by atoms with Crippen molar-refractivity contribution in [2.75, 3.05) is 18.6 Å². The molecule has 1 aromatic rings. The molecule has 1 aliphatic heterocycles. The molecule has 0 bridgehead atoms. The molecule has 5 nitrogen and oxygen atoms in total. The third-order valence-electron chi connectivity index (χ3n) is 3.51. The summed E-state index contributed by atoms with van der Waals surface area (Å²) >= 11 is 0. The van der Waals surface area contributed by atoms with E-state index in [0.29, 0.717) is 18.2 Å². The SMILES string of the molecule is CC(C)c1ncc(CN(C)C2CCS(=O)(=O)C2)cn1. The summed E-state index contributed by atoms with van der Waals surface area (Å²) < 4.78 is 22.9. The fourth-order valence-corrected chi connectivity index (χ4v) is 4.09. The van der Waals surface area contributed by atoms with E-state index in [1.54, 1.807) is 0 Å². The smallest absolute Gasteiger partial charge is 0.151 e. The van der Waals surface area contributed by atoms with Gasteiger partial charge in [0.05, 0.1) is 11.5 Å². The fourth-order valence-electron chi connectivity index (χ4n) is 2.28. The predicted molar refractivity (Wildman–Crippen MR) is 74.6 cm³/mol. The van der Waals surface area contributed by atoms with Crippen LogP contribution in [0.3, 0.4) is 0 Å². The van der Waals surface area contributed by atoms with Gasteiger partial charge in [0.2, 0.25) is 0 Å². The highest BCUT2D eigenvalue weighted by Crippen LogP contribution is 2.18. The molecule has 19 heavy (non-hydrogen) atoms. The highest BCUT2D eigenvalue weighted by molar-refractivity contribution is 7.91. The summed E-state index contributed by atoms with van der Waals surface area (Å²) in [7, 11) is -0.863. The first-order valence-electron chi connectivity index (χ1n) is 6.59. The van der Waals surface area contributed by atoms with Gasteiger partial charge in [0.15, 0.2) is 9.84 Å². The van der Waals surface area contributed by atoms with Gasteiger partial charge in [-0.1, -0.05) is 13.8 Å². The Hall–Kier alpha value is -1.01. The second-order valence-electron chi connectivity index (χ2n) is 5.58. The van der Waals surface area contributed by atoms with E-state index >= 15 is 0 Å². The molecule has 0 amide bonds. The van der Waals surface area contributed by atoms with Gasteiger partial charge < -0.3 is 0 Å². The highest BCUT2D eigenvalue weighted by Gasteiger charge is 2.30. The molecular weight excluding hydrogens is 262 g/mol. The molecule has 0 radical (unpaired) electrons. The van der Waals surface area contributed by atoms with Crippen LogP contribution in [-0.4, -0.2) is 47.9 Å². The summed E-state index contributed by atoms with van der Waals surface area (Å²) in [6.07, 6.45) is 4.40. The van der Waals surface area contributed by atoms with Gasteiger partial charge in [-0.3, -0.25) is 4.90 Å². The zero-order valence-corrected chi connectivity index (χ0v) is 12.5. The topological polar surface area (TPSA) is 63.2 Å². The zero-order valence-electron chi connectivity index (χ0n) is 11.7. The molecular formula is C13H21N3O2S. The maximum atomic E-state index is 11.5. The predicted octanol–water partition coefficient (Wildman–Crippen LogP) is 1.22. The van der Waals surface area contributed by atoms with E-state index in [1.807, 2.05) is 19.4 Å². The molecule has 106 valence electrons. The molecule has 0 aromatic carbocycles. The molecule has 1 aromatic heterocycles. The van der Waals surface area contributed by atoms with Crippen LogP contribution in [0.1, 0.15) is 37.6 Å². The molecule has 1 saturated heterocycles. The molecule has 1 fully saturated rings. The minimum atomic E-state index is -2.82. The van der Waals surface area contributed by atoms with E-state index < -0.39 is 9.84 Å². The van der Waals surface area contributed by atoms with Crippen molar-refractivity contribution in [2.45, 2.75) is 38.8 Å². The Kier molecular flexibility index (Phi) is 4.20. The monoisotopic (exact) mass is 283 g/mol. The summed E-state index contributed by atoms with van der Waals surface area (Å²) in [6.45, 7) is 4.81. The second-order valence-corrected chi connectivity index (χ2v) is 7.80. The van der Waals surface area contributed by atoms with Gasteiger partial charge in [-0.15, -0.1) is 0 Å². The summed E-state index contributed by atoms with van der Waals surface area (Å²) in [4.78, 5) is 10.7. The fraction of sp³-hybridized carbons (Fsp3) is 0.692. The number of aromatic nitrogens is 2. The number of hydrogen-bond acceptors (Lipinski definition) is 5. The van der Waals surface area contributed by atoms with Crippen molar-refractivity contribution in [3.8, 4) is 0 Å². The van der Waals surface area contributed by atoms with Crippen LogP contribution in [0.15, 0.2) is 12.4 Å². The number of rotatable bonds is 4. The van der Waals surface area contributed by atoms with Crippen molar-refractivity contribution >= 4 is 9.84 Å². The summed E-state index contributed by atoms with van der Waals surface area (Å²) in [5.74, 6) is 1.75. The van der Waals surface area contributed by atoms with Gasteiger partial charge in [0.1, 0.15) is 5.82 Å². The average Bonchev–Trinajstić information content (AvgIpc) is 2.70. The lowest BCUT2D eigenvalue weighted by atomic mass is 10.2. The van der Waals surface area contributed by atoms with Crippen LogP contribution in [0, 0.1) is 0 Å². The van der Waals surface area contributed by atoms with E-state index in [1.165, 1.54) is 0 Å². The summed E-state index contributed by atoms with van der Waals surface area (Å²) in [5.41, 5.74) is 1.02. The van der Waals surface area contributed by atoms with Gasteiger partial charge in [0.25, 0.3) is 0 Å². The van der Waals surface area contributed by atoms with E-state index in [-0.39, 0.29) is 11.8 Å². The van der Waals surface area contributed by atoms with Crippen LogP contribution >= 0.6 is 0 Å². The molecule has 0 N–H and O–H groups in total. The van der Waals surface area contributed by atoms with E-state index in [4.69, 9.17) is 0 Å². The standard InChI is InChI=1S/C13H21N3O2S/c1-10(2)13-14-6-11(7-15-13)8-16(3)12-4-5-19(17,18)9-12/h6-7,10,12H,4-5,8-9H2,1-3H3. The van der Waals surface area contributed by atoms with Gasteiger partial charge >= 0.3 is 0 Å². The molecule has 0 spiro atoms. The lowest BCUT2D eigenvalue weighted by Gasteiger charge is -2.22. The number of sulfone groups is 1. The zero-order chi connectivity index (χ0) is 14.0. The largest absolute Gasteiger partial charge is 0.298 e. The molecule has 0 saturated carbocycles. The first kappa shape index (κ1) is 14.4. The molecule has 1 atom stereocenters. The Morgan fingerprint density at radius 1 is 1.37 bits per heavy atom. The minimum Gasteiger partial charge on any atom is -0.298 e. The minimum absolute atomic E-state index is 0.120. The van der Waals surface area contributed by atoms with Crippen LogP contribution in [0.25, 0.3) is 0 Å². The Morgan fingerprint density at radius 3 is 2.47 bits per heavy atom. The van der Waals surface area contributed by atoms with Crippen LogP contribution < -0.4 is 0 Å². The maximum Gasteiger partial charge on any atom is 0.151 e. The average molecular weight is 283 g/mol. The third kappa shape index (κ3) is 3.73. The normalized spacial score (nSPS) is 22.3. The van der Waals surface area contributed by atoms with Crippen molar-refractivity contribution in [1.82, 2.24) is 14.9 Å². The van der Waals surface area contributed by atoms with Crippen molar-refractivity contribution in [3.05, 3.63) is 23.8 Å². The van der Waals surface area contributed by atoms with Crippen molar-refractivity contribution < 1.29 is 8.42 Å². The van der Waals surface area contributed by atoms with Crippen LogP contribution in [0.2, 0.25) is 0 Å². The van der Waals surface area contributed by atoms with Crippen LogP contribution in [0.4, 0.5) is 0 Å². The van der Waals surface area contributed by atoms with Gasteiger partial charge in [-0.2, -0.15) is 0 Å². The van der Waals surface area contributed by atoms with E-state index in [9.17, 15) is 8.42 Å². The second kappa shape index (κ2) is 5.54. The quantitative estimate of drug-likeness (QED) is 0.831. The Labute approximate surface area is 115 Å². The molecule has 2 heterocycles. The Morgan fingerprint density at radius 2 is 2.00 bits per heavy atom. The number of hydrogen-bond donors (Lipinski definition) is 0. The molecule has 0 aliphatic carbocycles. The Bertz CT molecular complexity index is 525. The van der Waals surface area contributed by atoms with Crippen molar-refractivity contribution in [1.29, 1.82) is 0 Å². The first-order chi connectivity index (χ1) is 8.87. The summed E-state index contributed by atoms with van der Waals surface area (Å²) in [5, 5.41) is 0. The molecule has 2 rings (SSSR count). The van der Waals surface area contributed by atoms with Crippen LogP contribution in [0.5, 0.6) is 0 Å². The van der Waals surface area contributed by atoms with Gasteiger partial charge in [0, 0.05) is 36.5 Å². The van der Waals surface area contributed by atoms with Crippen molar-refractivity contribution in [3.63, 3.8) is 0 Å². The van der Waals surface area contributed by atoms with E-state index in [0.717, 1.165) is 17.8 Å². The van der Waals surface area contributed by atoms with Gasteiger partial charge in [-0.25, -0.2) is 18.4 Å². The third-order valence-corrected chi connectivity index (χ3v) is 5.26. The molecule has 1 unspecified atom stereocenters. The van der Waals surface area contributed by atoms with Gasteiger partial charge in [-0.05, 0) is 13.5 Å². The molecule has 6 heteroatoms. The summed E-state index contributed by atoms with van der Waals surface area (Å²) in [6, 6.07) is 0.120. The van der Waals surface area contributed by atoms with Crippen LogP contribution in [-0.2, 0) is 16.4 Å². The Balaban J connectivity index is 1.97. The highest BCUT2D eigenvalue weighted by atomic mass is 32.2. The van der Waals surface area contributed by atoms with Crippen molar-refractivity contribution in [2.24, 2.45) is 0 Å². The van der Waals surface area contributed by atoms with E-state index in [2.05, 4.69) is 28.7 Å². The first-order valence-corrected chi connectivity index (χ1v) is 8.41.